The van der Waals surface area contributed by atoms with Gasteiger partial charge in [-0.25, -0.2) is 0 Å². The summed E-state index contributed by atoms with van der Waals surface area (Å²) in [6.07, 6.45) is 0. The third kappa shape index (κ3) is 1.55. The number of fused-ring (bicyclic) bond motifs is 1. The zero-order chi connectivity index (χ0) is 11.9. The fourth-order valence-electron chi connectivity index (χ4n) is 1.97. The number of rotatable bonds is 1. The zero-order valence-corrected chi connectivity index (χ0v) is 10.1. The molecule has 0 amide bonds. The van der Waals surface area contributed by atoms with Gasteiger partial charge < -0.3 is 14.3 Å². The maximum absolute atomic E-state index is 9.75. The van der Waals surface area contributed by atoms with Gasteiger partial charge in [0.05, 0.1) is 7.11 Å². The molecule has 0 aliphatic heterocycles. The van der Waals surface area contributed by atoms with E-state index < -0.39 is 0 Å². The summed E-state index contributed by atoms with van der Waals surface area (Å²) in [6, 6.07) is 3.32. The van der Waals surface area contributed by atoms with Gasteiger partial charge in [-0.1, -0.05) is 0 Å². The van der Waals surface area contributed by atoms with Crippen molar-refractivity contribution >= 4 is 23.2 Å². The molecule has 1 aromatic carbocycles. The van der Waals surface area contributed by atoms with Crippen molar-refractivity contribution in [1.82, 2.24) is 0 Å². The molecule has 0 saturated carbocycles. The molecule has 2 aromatic rings. The molecule has 1 heterocycles. The van der Waals surface area contributed by atoms with Crippen molar-refractivity contribution in [3.8, 4) is 11.5 Å². The maximum Gasteiger partial charge on any atom is 0.191 e. The number of hydrogen-bond donors (Lipinski definition) is 1. The van der Waals surface area contributed by atoms with Gasteiger partial charge in [-0.3, -0.25) is 0 Å². The van der Waals surface area contributed by atoms with Crippen LogP contribution in [0.1, 0.15) is 11.1 Å². The van der Waals surface area contributed by atoms with Crippen LogP contribution in [0.25, 0.3) is 11.0 Å². The molecule has 1 aromatic heterocycles. The molecule has 16 heavy (non-hydrogen) atoms. The van der Waals surface area contributed by atoms with Gasteiger partial charge in [0.15, 0.2) is 16.2 Å². The van der Waals surface area contributed by atoms with Crippen LogP contribution in [0.5, 0.6) is 11.5 Å². The highest BCUT2D eigenvalue weighted by Gasteiger charge is 2.13. The van der Waals surface area contributed by atoms with Crippen molar-refractivity contribution in [1.29, 1.82) is 0 Å². The summed E-state index contributed by atoms with van der Waals surface area (Å²) < 4.78 is 11.0. The summed E-state index contributed by atoms with van der Waals surface area (Å²) >= 11 is 5.00. The van der Waals surface area contributed by atoms with Gasteiger partial charge in [-0.05, 0) is 37.7 Å². The van der Waals surface area contributed by atoms with Crippen LogP contribution in [0.4, 0.5) is 0 Å². The summed E-state index contributed by atoms with van der Waals surface area (Å²) in [5, 5.41) is 10.7. The fraction of sp³-hybridized carbons (Fsp3) is 0.250. The minimum absolute atomic E-state index is 0.0660. The molecule has 84 valence electrons. The lowest BCUT2D eigenvalue weighted by molar-refractivity contribution is 0.371. The lowest BCUT2D eigenvalue weighted by Gasteiger charge is -2.11. The van der Waals surface area contributed by atoms with Crippen LogP contribution >= 0.6 is 12.2 Å². The number of benzene rings is 1. The van der Waals surface area contributed by atoms with Crippen molar-refractivity contribution in [2.75, 3.05) is 7.11 Å². The average molecular weight is 236 g/mol. The molecule has 0 fully saturated rings. The first-order valence-electron chi connectivity index (χ1n) is 4.85. The maximum atomic E-state index is 9.75. The molecule has 0 unspecified atom stereocenters. The predicted molar refractivity (Wildman–Crippen MR) is 64.7 cm³/mol. The van der Waals surface area contributed by atoms with Gasteiger partial charge in [0.2, 0.25) is 0 Å². The van der Waals surface area contributed by atoms with Gasteiger partial charge in [0, 0.05) is 17.0 Å². The number of methoxy groups -OCH3 is 1. The van der Waals surface area contributed by atoms with Gasteiger partial charge in [-0.2, -0.15) is 0 Å². The largest absolute Gasteiger partial charge is 0.504 e. The van der Waals surface area contributed by atoms with Crippen molar-refractivity contribution in [2.24, 2.45) is 0 Å². The summed E-state index contributed by atoms with van der Waals surface area (Å²) in [6.45, 7) is 3.84. The van der Waals surface area contributed by atoms with E-state index in [1.54, 1.807) is 6.07 Å². The normalized spacial score (nSPS) is 10.7. The Morgan fingerprint density at radius 1 is 1.31 bits per heavy atom. The van der Waals surface area contributed by atoms with E-state index in [9.17, 15) is 5.11 Å². The minimum atomic E-state index is 0.0660. The summed E-state index contributed by atoms with van der Waals surface area (Å²) in [4.78, 5) is 0. The van der Waals surface area contributed by atoms with Crippen LogP contribution in [0.3, 0.4) is 0 Å². The number of aromatic hydroxyl groups is 1. The molecule has 0 saturated heterocycles. The molecule has 2 rings (SSSR count). The Hall–Kier alpha value is -1.55. The van der Waals surface area contributed by atoms with E-state index in [1.807, 2.05) is 13.8 Å². The molecule has 0 spiro atoms. The zero-order valence-electron chi connectivity index (χ0n) is 9.33. The van der Waals surface area contributed by atoms with Crippen LogP contribution in [-0.2, 0) is 0 Å². The first kappa shape index (κ1) is 11.0. The highest BCUT2D eigenvalue weighted by atomic mass is 32.1. The van der Waals surface area contributed by atoms with E-state index in [4.69, 9.17) is 21.4 Å². The van der Waals surface area contributed by atoms with Crippen LogP contribution in [0.15, 0.2) is 16.5 Å². The Bertz CT molecular complexity index is 614. The Balaban J connectivity index is 2.99. The quantitative estimate of drug-likeness (QED) is 0.769. The molecule has 1 N–H and O–H groups in total. The predicted octanol–water partition coefficient (Wildman–Crippen LogP) is 3.49. The van der Waals surface area contributed by atoms with Crippen LogP contribution < -0.4 is 4.74 Å². The summed E-state index contributed by atoms with van der Waals surface area (Å²) in [7, 11) is 1.53. The number of phenols is 1. The SMILES string of the molecule is COc1c(O)cc2oc(=S)cc(C)c2c1C. The van der Waals surface area contributed by atoms with Crippen LogP contribution in [0, 0.1) is 18.6 Å². The average Bonchev–Trinajstić information content (AvgIpc) is 2.15. The van der Waals surface area contributed by atoms with E-state index in [2.05, 4.69) is 0 Å². The van der Waals surface area contributed by atoms with E-state index >= 15 is 0 Å². The Morgan fingerprint density at radius 3 is 2.62 bits per heavy atom. The monoisotopic (exact) mass is 236 g/mol. The molecular weight excluding hydrogens is 224 g/mol. The minimum Gasteiger partial charge on any atom is -0.504 e. The van der Waals surface area contributed by atoms with Crippen molar-refractivity contribution in [3.05, 3.63) is 28.0 Å². The second kappa shape index (κ2) is 3.79. The van der Waals surface area contributed by atoms with Crippen molar-refractivity contribution in [2.45, 2.75) is 13.8 Å². The molecule has 0 atom stereocenters. The molecule has 0 radical (unpaired) electrons. The standard InChI is InChI=1S/C12H12O3S/c1-6-4-10(16)15-9-5-8(13)12(14-3)7(2)11(6)9/h4-5,13H,1-3H3. The van der Waals surface area contributed by atoms with Crippen molar-refractivity contribution < 1.29 is 14.3 Å². The third-order valence-corrected chi connectivity index (χ3v) is 2.81. The van der Waals surface area contributed by atoms with Gasteiger partial charge in [0.1, 0.15) is 5.58 Å². The molecule has 3 nitrogen and oxygen atoms in total. The molecule has 0 bridgehead atoms. The first-order valence-corrected chi connectivity index (χ1v) is 5.26. The fourth-order valence-corrected chi connectivity index (χ4v) is 2.23. The van der Waals surface area contributed by atoms with E-state index in [0.29, 0.717) is 16.0 Å². The summed E-state index contributed by atoms with van der Waals surface area (Å²) in [5.41, 5.74) is 2.46. The number of ether oxygens (including phenoxy) is 1. The first-order chi connectivity index (χ1) is 7.54. The number of phenolic OH excluding ortho intramolecular Hbond substituents is 1. The molecule has 0 aliphatic carbocycles. The Labute approximate surface area is 98.3 Å². The highest BCUT2D eigenvalue weighted by Crippen LogP contribution is 2.37. The second-order valence-electron chi connectivity index (χ2n) is 3.68. The Morgan fingerprint density at radius 2 is 2.00 bits per heavy atom. The smallest absolute Gasteiger partial charge is 0.191 e. The topological polar surface area (TPSA) is 42.6 Å². The Kier molecular flexibility index (Phi) is 2.59. The van der Waals surface area contributed by atoms with E-state index in [1.165, 1.54) is 13.2 Å². The molecule has 0 aliphatic rings. The summed E-state index contributed by atoms with van der Waals surface area (Å²) in [5.74, 6) is 0.541. The van der Waals surface area contributed by atoms with Crippen LogP contribution in [0.2, 0.25) is 0 Å². The van der Waals surface area contributed by atoms with E-state index in [-0.39, 0.29) is 5.75 Å². The number of aryl methyl sites for hydroxylation is 2. The molecule has 4 heteroatoms. The highest BCUT2D eigenvalue weighted by molar-refractivity contribution is 7.71. The van der Waals surface area contributed by atoms with Gasteiger partial charge in [0.25, 0.3) is 0 Å². The number of hydrogen-bond acceptors (Lipinski definition) is 4. The third-order valence-electron chi connectivity index (χ3n) is 2.61. The van der Waals surface area contributed by atoms with E-state index in [0.717, 1.165) is 16.5 Å². The van der Waals surface area contributed by atoms with Crippen LogP contribution in [-0.4, -0.2) is 12.2 Å². The molecular formula is C12H12O3S. The lowest BCUT2D eigenvalue weighted by Crippen LogP contribution is -1.91. The van der Waals surface area contributed by atoms with Gasteiger partial charge >= 0.3 is 0 Å². The lowest BCUT2D eigenvalue weighted by atomic mass is 10.0. The second-order valence-corrected chi connectivity index (χ2v) is 4.08. The van der Waals surface area contributed by atoms with Crippen molar-refractivity contribution in [3.63, 3.8) is 0 Å². The van der Waals surface area contributed by atoms with Gasteiger partial charge in [-0.15, -0.1) is 0 Å².